The Labute approximate surface area is 325 Å². The van der Waals surface area contributed by atoms with Crippen LogP contribution in [0.3, 0.4) is 0 Å². The Kier molecular flexibility index (Phi) is 12.4. The molecule has 0 saturated heterocycles. The molecule has 0 nitrogen and oxygen atoms in total. The molecule has 18 unspecified atom stereocenters. The first kappa shape index (κ1) is 38.6. The molecule has 2 bridgehead atoms. The minimum absolute atomic E-state index is 0.520. The van der Waals surface area contributed by atoms with Gasteiger partial charge in [-0.15, -0.1) is 0 Å². The Morgan fingerprint density at radius 3 is 2.06 bits per heavy atom. The summed E-state index contributed by atoms with van der Waals surface area (Å²) in [5, 5.41) is 0. The SMILES string of the molecule is CCCCC(C1CC(C)C(C2CCCCC2CCC)C1)C1CCCC(C)C(C2CCC3C=C2C2(C)C3CCCC2C2CCCC2C)C2CCCCC12. The average Bonchev–Trinajstić information content (AvgIpc) is 3.82. The van der Waals surface area contributed by atoms with E-state index in [2.05, 4.69) is 53.2 Å². The van der Waals surface area contributed by atoms with E-state index in [4.69, 9.17) is 0 Å². The molecule has 0 aromatic rings. The van der Waals surface area contributed by atoms with E-state index in [1.54, 1.807) is 83.5 Å². The number of hydrogen-bond donors (Lipinski definition) is 0. The topological polar surface area (TPSA) is 0 Å². The lowest BCUT2D eigenvalue weighted by molar-refractivity contribution is -0.0170. The van der Waals surface area contributed by atoms with E-state index < -0.39 is 0 Å². The van der Waals surface area contributed by atoms with Gasteiger partial charge in [0.1, 0.15) is 0 Å². The third-order valence-electron chi connectivity index (χ3n) is 20.2. The Bertz CT molecular complexity index is 1180. The van der Waals surface area contributed by atoms with Crippen molar-refractivity contribution in [2.75, 3.05) is 0 Å². The average molecular weight is 713 g/mol. The number of rotatable bonds is 10. The molecule has 8 aliphatic carbocycles. The maximum Gasteiger partial charge on any atom is -0.00486 e. The summed E-state index contributed by atoms with van der Waals surface area (Å²) >= 11 is 0. The van der Waals surface area contributed by atoms with Crippen LogP contribution in [0.5, 0.6) is 0 Å². The molecule has 8 rings (SSSR count). The van der Waals surface area contributed by atoms with Crippen molar-refractivity contribution in [2.45, 2.75) is 208 Å². The zero-order chi connectivity index (χ0) is 36.0. The Balaban J connectivity index is 1.08. The van der Waals surface area contributed by atoms with Crippen molar-refractivity contribution in [1.29, 1.82) is 0 Å². The fraction of sp³-hybridized carbons (Fsp3) is 0.962. The summed E-state index contributed by atoms with van der Waals surface area (Å²) in [7, 11) is 0. The third kappa shape index (κ3) is 7.02. The second-order valence-corrected chi connectivity index (χ2v) is 22.4. The maximum absolute atomic E-state index is 3.04. The van der Waals surface area contributed by atoms with Crippen molar-refractivity contribution in [3.05, 3.63) is 11.6 Å². The summed E-state index contributed by atoms with van der Waals surface area (Å²) in [5.74, 6) is 16.9. The summed E-state index contributed by atoms with van der Waals surface area (Å²) < 4.78 is 0. The van der Waals surface area contributed by atoms with Gasteiger partial charge in [-0.2, -0.15) is 0 Å². The lowest BCUT2D eigenvalue weighted by Crippen LogP contribution is -2.47. The van der Waals surface area contributed by atoms with Crippen molar-refractivity contribution in [3.63, 3.8) is 0 Å². The van der Waals surface area contributed by atoms with Crippen LogP contribution < -0.4 is 0 Å². The first-order chi connectivity index (χ1) is 25.3. The van der Waals surface area contributed by atoms with Gasteiger partial charge < -0.3 is 0 Å². The highest BCUT2D eigenvalue weighted by molar-refractivity contribution is 5.33. The van der Waals surface area contributed by atoms with Crippen LogP contribution >= 0.6 is 0 Å². The van der Waals surface area contributed by atoms with Crippen molar-refractivity contribution < 1.29 is 0 Å². The third-order valence-corrected chi connectivity index (χ3v) is 20.2. The van der Waals surface area contributed by atoms with Crippen LogP contribution in [-0.4, -0.2) is 0 Å². The van der Waals surface area contributed by atoms with E-state index in [-0.39, 0.29) is 0 Å². The van der Waals surface area contributed by atoms with Crippen LogP contribution in [0.2, 0.25) is 0 Å². The van der Waals surface area contributed by atoms with Crippen molar-refractivity contribution >= 4 is 0 Å². The predicted molar refractivity (Wildman–Crippen MR) is 224 cm³/mol. The van der Waals surface area contributed by atoms with Crippen molar-refractivity contribution in [2.24, 2.45) is 106 Å². The summed E-state index contributed by atoms with van der Waals surface area (Å²) in [5.41, 5.74) is 2.62. The molecule has 0 spiro atoms. The number of allylic oxidation sites excluding steroid dienone is 2. The number of unbranched alkanes of at least 4 members (excludes halogenated alkanes) is 1. The number of fused-ring (bicyclic) bond motifs is 5. The molecule has 8 aliphatic rings. The largest absolute Gasteiger partial charge is 0.0810 e. The molecular formula is C52H88. The quantitative estimate of drug-likeness (QED) is 0.198. The molecule has 0 aromatic carbocycles. The zero-order valence-corrected chi connectivity index (χ0v) is 35.8. The predicted octanol–water partition coefficient (Wildman–Crippen LogP) is 15.7. The van der Waals surface area contributed by atoms with Crippen LogP contribution in [0.1, 0.15) is 208 Å². The zero-order valence-electron chi connectivity index (χ0n) is 35.8. The van der Waals surface area contributed by atoms with Crippen LogP contribution in [0, 0.1) is 106 Å². The van der Waals surface area contributed by atoms with Gasteiger partial charge in [0.05, 0.1) is 0 Å². The molecule has 0 aliphatic heterocycles. The van der Waals surface area contributed by atoms with Crippen LogP contribution in [-0.2, 0) is 0 Å². The van der Waals surface area contributed by atoms with Crippen LogP contribution in [0.4, 0.5) is 0 Å². The van der Waals surface area contributed by atoms with Gasteiger partial charge in [-0.1, -0.05) is 143 Å². The highest BCUT2D eigenvalue weighted by Gasteiger charge is 2.60. The van der Waals surface area contributed by atoms with E-state index in [9.17, 15) is 0 Å². The second-order valence-electron chi connectivity index (χ2n) is 22.4. The molecule has 0 aromatic heterocycles. The molecule has 0 radical (unpaired) electrons. The maximum atomic E-state index is 3.04. The number of hydrogen-bond acceptors (Lipinski definition) is 0. The fourth-order valence-electron chi connectivity index (χ4n) is 18.2. The second kappa shape index (κ2) is 16.7. The molecule has 0 amide bonds. The van der Waals surface area contributed by atoms with Crippen LogP contribution in [0.25, 0.3) is 0 Å². The van der Waals surface area contributed by atoms with Gasteiger partial charge in [0, 0.05) is 0 Å². The minimum atomic E-state index is 0.520. The van der Waals surface area contributed by atoms with E-state index in [1.165, 1.54) is 83.5 Å². The molecule has 6 fully saturated rings. The highest BCUT2D eigenvalue weighted by Crippen LogP contribution is 2.68. The smallest absolute Gasteiger partial charge is 0.00486 e. The van der Waals surface area contributed by atoms with E-state index in [1.807, 2.05) is 0 Å². The molecule has 18 atom stereocenters. The van der Waals surface area contributed by atoms with Gasteiger partial charge in [-0.3, -0.25) is 0 Å². The van der Waals surface area contributed by atoms with Gasteiger partial charge in [0.2, 0.25) is 0 Å². The van der Waals surface area contributed by atoms with Gasteiger partial charge in [-0.05, 0) is 183 Å². The summed E-state index contributed by atoms with van der Waals surface area (Å²) in [6.07, 6.45) is 43.0. The molecule has 0 N–H and O–H groups in total. The lowest BCUT2D eigenvalue weighted by Gasteiger charge is -2.54. The van der Waals surface area contributed by atoms with Crippen molar-refractivity contribution in [3.8, 4) is 0 Å². The van der Waals surface area contributed by atoms with E-state index >= 15 is 0 Å². The Morgan fingerprint density at radius 2 is 1.29 bits per heavy atom. The summed E-state index contributed by atoms with van der Waals surface area (Å²) in [6.45, 7) is 16.1. The first-order valence-corrected chi connectivity index (χ1v) is 25.1. The van der Waals surface area contributed by atoms with Gasteiger partial charge in [0.15, 0.2) is 0 Å². The minimum Gasteiger partial charge on any atom is -0.0810 e. The van der Waals surface area contributed by atoms with Gasteiger partial charge >= 0.3 is 0 Å². The van der Waals surface area contributed by atoms with Crippen LogP contribution in [0.15, 0.2) is 11.6 Å². The summed E-state index contributed by atoms with van der Waals surface area (Å²) in [6, 6.07) is 0. The van der Waals surface area contributed by atoms with E-state index in [0.717, 1.165) is 101 Å². The fourth-order valence-corrected chi connectivity index (χ4v) is 18.2. The monoisotopic (exact) mass is 713 g/mol. The molecule has 296 valence electrons. The molecule has 0 heteroatoms. The normalized spacial score (nSPS) is 50.2. The highest BCUT2D eigenvalue weighted by atomic mass is 14.6. The standard InChI is InChI=1S/C52H88/c1-7-9-21-42(39-31-36(5)47(32-39)41-22-11-10-20-37(41)17-8-2)43-26-15-19-35(4)51(45-24-13-12-23-44(43)45)46-30-29-38-33-50(46)52(6)48(38)27-16-28-49(52)40-25-14-18-34(40)3/h33-49,51H,7-32H2,1-6H3. The molecule has 0 heterocycles. The molecule has 6 saturated carbocycles. The van der Waals surface area contributed by atoms with Gasteiger partial charge in [-0.25, -0.2) is 0 Å². The lowest BCUT2D eigenvalue weighted by atomic mass is 9.50. The molecule has 52 heavy (non-hydrogen) atoms. The first-order valence-electron chi connectivity index (χ1n) is 25.1. The summed E-state index contributed by atoms with van der Waals surface area (Å²) in [4.78, 5) is 0. The Morgan fingerprint density at radius 1 is 0.596 bits per heavy atom. The van der Waals surface area contributed by atoms with Crippen molar-refractivity contribution in [1.82, 2.24) is 0 Å². The molecular weight excluding hydrogens is 625 g/mol. The van der Waals surface area contributed by atoms with Gasteiger partial charge in [0.25, 0.3) is 0 Å². The van der Waals surface area contributed by atoms with E-state index in [0.29, 0.717) is 5.41 Å². The Hall–Kier alpha value is -0.260.